The van der Waals surface area contributed by atoms with Crippen LogP contribution in [0.15, 0.2) is 364 Å². The second-order valence-electron chi connectivity index (χ2n) is 32.2. The van der Waals surface area contributed by atoms with Gasteiger partial charge in [-0.15, -0.1) is 0 Å². The van der Waals surface area contributed by atoms with Gasteiger partial charge in [0.05, 0.1) is 111 Å². The van der Waals surface area contributed by atoms with Crippen LogP contribution in [0.4, 0.5) is 0 Å². The number of aromatic nitrogens is 6. The summed E-state index contributed by atoms with van der Waals surface area (Å²) in [6.07, 6.45) is 0. The van der Waals surface area contributed by atoms with Gasteiger partial charge in [0.15, 0.2) is 0 Å². The maximum atomic E-state index is 11.8. The van der Waals surface area contributed by atoms with E-state index >= 15 is 0 Å². The number of hydrogen-bond acceptors (Lipinski definition) is 4. The Labute approximate surface area is 695 Å². The molecule has 0 aliphatic carbocycles. The van der Waals surface area contributed by atoms with Crippen molar-refractivity contribution in [1.82, 2.24) is 27.4 Å². The summed E-state index contributed by atoms with van der Waals surface area (Å²) >= 11 is 0. The van der Waals surface area contributed by atoms with Gasteiger partial charge in [-0.05, 0) is 209 Å². The van der Waals surface area contributed by atoms with Crippen molar-refractivity contribution in [3.63, 3.8) is 0 Å². The monoisotopic (exact) mass is 1540 g/mol. The quantitative estimate of drug-likeness (QED) is 0.158. The number of para-hydroxylation sites is 3. The highest BCUT2D eigenvalue weighted by Crippen LogP contribution is 2.50. The first-order chi connectivity index (χ1) is 60.4. The summed E-state index contributed by atoms with van der Waals surface area (Å²) in [6, 6.07) is 140. The highest BCUT2D eigenvalue weighted by molar-refractivity contribution is 6.32. The minimum atomic E-state index is 0.277. The van der Waals surface area contributed by atoms with Crippen LogP contribution in [0.1, 0.15) is 22.3 Å². The standard InChI is InChI=1S/C112H60N10/c113-61-73-42-52-105(112(88(73)62-114)122-103-50-38-68-20-4-9-25-79(68)109(103)110-80-26-10-5-21-69(80)39-51-104(110)122)121-101-48-37-67-19-3-8-24-78(67)108(101)111-84-57-71(34-33-70(84)40-49-102(111)121)72-41-45-94-85(58-72)83-29-13-16-32-93(83)118(94)75-44-54-96-87(60-75)107-77-23-7-2-18-66(77)36-47-100(107)120(96)98-56-55-97(89(63-115)90(98)64-116)119-95-53-43-74(59-86(95)106-76-22-6-1-17-65(76)35-46-99(106)119)117-91-30-14-11-27-81(91)82-28-12-15-31-92(82)117/h1-60H. The summed E-state index contributed by atoms with van der Waals surface area (Å²) in [7, 11) is 0. The lowest BCUT2D eigenvalue weighted by atomic mass is 9.96. The van der Waals surface area contributed by atoms with E-state index in [1.165, 1.54) is 10.8 Å². The minimum absolute atomic E-state index is 0.277. The molecule has 122 heavy (non-hydrogen) atoms. The molecule has 0 unspecified atom stereocenters. The largest absolute Gasteiger partial charge is 0.309 e. The molecule has 10 nitrogen and oxygen atoms in total. The highest BCUT2D eigenvalue weighted by atomic mass is 15.1. The number of rotatable bonds is 7. The molecule has 0 aliphatic heterocycles. The Bertz CT molecular complexity index is 9340. The molecule has 0 saturated heterocycles. The molecule has 26 aromatic rings. The molecule has 558 valence electrons. The van der Waals surface area contributed by atoms with Crippen LogP contribution in [-0.4, -0.2) is 27.4 Å². The van der Waals surface area contributed by atoms with Crippen LogP contribution in [0.3, 0.4) is 0 Å². The number of benzene rings is 20. The van der Waals surface area contributed by atoms with E-state index in [4.69, 9.17) is 0 Å². The molecule has 26 rings (SSSR count). The fourth-order valence-electron chi connectivity index (χ4n) is 21.2. The summed E-state index contributed by atoms with van der Waals surface area (Å²) in [6.45, 7) is 0. The van der Waals surface area contributed by atoms with Gasteiger partial charge < -0.3 is 27.4 Å². The van der Waals surface area contributed by atoms with E-state index in [1.807, 2.05) is 24.3 Å². The lowest BCUT2D eigenvalue weighted by Crippen LogP contribution is -2.07. The van der Waals surface area contributed by atoms with Gasteiger partial charge in [0.2, 0.25) is 0 Å². The Kier molecular flexibility index (Phi) is 13.8. The van der Waals surface area contributed by atoms with Crippen LogP contribution in [0.2, 0.25) is 0 Å². The van der Waals surface area contributed by atoms with Crippen molar-refractivity contribution in [2.75, 3.05) is 0 Å². The van der Waals surface area contributed by atoms with Crippen molar-refractivity contribution < 1.29 is 0 Å². The van der Waals surface area contributed by atoms with E-state index in [0.29, 0.717) is 28.2 Å². The zero-order valence-electron chi connectivity index (χ0n) is 65.1. The van der Waals surface area contributed by atoms with Crippen LogP contribution in [0, 0.1) is 45.3 Å². The Morgan fingerprint density at radius 3 is 0.877 bits per heavy atom. The van der Waals surface area contributed by atoms with Gasteiger partial charge in [-0.2, -0.15) is 21.0 Å². The van der Waals surface area contributed by atoms with E-state index in [0.717, 1.165) is 213 Å². The average molecular weight is 1550 g/mol. The van der Waals surface area contributed by atoms with Gasteiger partial charge in [-0.25, -0.2) is 0 Å². The van der Waals surface area contributed by atoms with E-state index in [2.05, 4.69) is 391 Å². The number of nitriles is 4. The molecule has 0 atom stereocenters. The lowest BCUT2D eigenvalue weighted by Gasteiger charge is -2.19. The summed E-state index contributed by atoms with van der Waals surface area (Å²) in [4.78, 5) is 0. The SMILES string of the molecule is N#Cc1ccc(-n2c3ccc4ccccc4c3c3c4cc(-c5ccc6c(c5)c5ccccc5n6-c5ccc6c(c5)c5c7ccccc7ccc5n6-c5ccc(-n6c7ccc(-n8c9ccccc9c9ccccc98)cc7c7c8ccccc8ccc76)c(C#N)c5C#N)ccc4ccc32)c(-n2c3ccc4ccccc4c3c3c4ccccc4ccc32)c1C#N. The average Bonchev–Trinajstić information content (AvgIpc) is 1.55. The lowest BCUT2D eigenvalue weighted by molar-refractivity contribution is 1.09. The zero-order chi connectivity index (χ0) is 80.4. The first-order valence-corrected chi connectivity index (χ1v) is 41.0. The predicted octanol–water partition coefficient (Wildman–Crippen LogP) is 28.3. The van der Waals surface area contributed by atoms with Crippen molar-refractivity contribution in [1.29, 1.82) is 21.0 Å². The minimum Gasteiger partial charge on any atom is -0.309 e. The van der Waals surface area contributed by atoms with Crippen molar-refractivity contribution in [3.8, 4) is 69.5 Å². The normalized spacial score (nSPS) is 12.1. The number of nitrogens with zero attached hydrogens (tertiary/aromatic N) is 10. The van der Waals surface area contributed by atoms with Gasteiger partial charge in [0.25, 0.3) is 0 Å². The van der Waals surface area contributed by atoms with Gasteiger partial charge >= 0.3 is 0 Å². The summed E-state index contributed by atoms with van der Waals surface area (Å²) < 4.78 is 13.7. The summed E-state index contributed by atoms with van der Waals surface area (Å²) in [5.74, 6) is 0. The smallest absolute Gasteiger partial charge is 0.103 e. The molecule has 0 saturated carbocycles. The van der Waals surface area contributed by atoms with Gasteiger partial charge in [0.1, 0.15) is 24.3 Å². The third-order valence-corrected chi connectivity index (χ3v) is 26.3. The third-order valence-electron chi connectivity index (χ3n) is 26.3. The first-order valence-electron chi connectivity index (χ1n) is 41.0. The Morgan fingerprint density at radius 1 is 0.172 bits per heavy atom. The fourth-order valence-corrected chi connectivity index (χ4v) is 21.2. The second kappa shape index (κ2) is 25.1. The highest BCUT2D eigenvalue weighted by Gasteiger charge is 2.30. The topological polar surface area (TPSA) is 125 Å². The predicted molar refractivity (Wildman–Crippen MR) is 502 cm³/mol. The molecular formula is C112H60N10. The number of hydrogen-bond donors (Lipinski definition) is 0. The van der Waals surface area contributed by atoms with Crippen LogP contribution >= 0.6 is 0 Å². The Balaban J connectivity index is 0.641. The molecule has 0 aliphatic rings. The first kappa shape index (κ1) is 66.9. The zero-order valence-corrected chi connectivity index (χ0v) is 65.1. The van der Waals surface area contributed by atoms with Crippen LogP contribution in [0.25, 0.3) is 241 Å². The Morgan fingerprint density at radius 2 is 0.459 bits per heavy atom. The second-order valence-corrected chi connectivity index (χ2v) is 32.2. The molecular weight excluding hydrogens is 1490 g/mol. The molecule has 0 N–H and O–H groups in total. The molecule has 20 aromatic carbocycles. The molecule has 0 spiro atoms. The molecule has 10 heteroatoms. The molecule has 0 bridgehead atoms. The van der Waals surface area contributed by atoms with E-state index in [9.17, 15) is 21.0 Å². The van der Waals surface area contributed by atoms with E-state index in [1.54, 1.807) is 0 Å². The maximum Gasteiger partial charge on any atom is 0.103 e. The van der Waals surface area contributed by atoms with E-state index in [-0.39, 0.29) is 11.1 Å². The van der Waals surface area contributed by atoms with Gasteiger partial charge in [-0.1, -0.05) is 231 Å². The molecule has 0 amide bonds. The van der Waals surface area contributed by atoms with Crippen LogP contribution in [-0.2, 0) is 0 Å². The third kappa shape index (κ3) is 9.05. The summed E-state index contributed by atoms with van der Waals surface area (Å²) in [5.41, 5.74) is 19.7. The van der Waals surface area contributed by atoms with Crippen molar-refractivity contribution in [2.24, 2.45) is 0 Å². The van der Waals surface area contributed by atoms with Crippen LogP contribution in [0.5, 0.6) is 0 Å². The van der Waals surface area contributed by atoms with E-state index < -0.39 is 0 Å². The Hall–Kier alpha value is -17.3. The van der Waals surface area contributed by atoms with Crippen molar-refractivity contribution >= 4 is 195 Å². The van der Waals surface area contributed by atoms with Crippen molar-refractivity contribution in [3.05, 3.63) is 386 Å². The summed E-state index contributed by atoms with van der Waals surface area (Å²) in [5, 5.41) is 72.5. The molecule has 0 fully saturated rings. The van der Waals surface area contributed by atoms with Gasteiger partial charge in [0, 0.05) is 76.0 Å². The number of fused-ring (bicyclic) bond motifs is 30. The maximum absolute atomic E-state index is 11.8. The van der Waals surface area contributed by atoms with Gasteiger partial charge in [-0.3, -0.25) is 0 Å². The molecule has 6 aromatic heterocycles. The molecule has 0 radical (unpaired) electrons. The van der Waals surface area contributed by atoms with Crippen LogP contribution < -0.4 is 0 Å². The fraction of sp³-hybridized carbons (Fsp3) is 0. The molecule has 6 heterocycles. The van der Waals surface area contributed by atoms with Crippen molar-refractivity contribution in [2.45, 2.75) is 0 Å².